The normalized spacial score (nSPS) is 19.8. The first-order chi connectivity index (χ1) is 5.93. The lowest BCUT2D eigenvalue weighted by atomic mass is 10.4. The summed E-state index contributed by atoms with van der Waals surface area (Å²) in [4.78, 5) is 5.18. The Balaban J connectivity index is 1.91. The molecule has 0 atom stereocenters. The summed E-state index contributed by atoms with van der Waals surface area (Å²) < 4.78 is 0. The monoisotopic (exact) mass is 174 g/mol. The van der Waals surface area contributed by atoms with E-state index in [-0.39, 0.29) is 0 Å². The van der Waals surface area contributed by atoms with Crippen molar-refractivity contribution in [3.63, 3.8) is 0 Å². The van der Waals surface area contributed by atoms with Crippen LogP contribution >= 0.6 is 0 Å². The van der Waals surface area contributed by atoms with Gasteiger partial charge >= 0.3 is 0 Å². The molecule has 0 unspecified atom stereocenters. The van der Waals surface area contributed by atoms with E-state index in [4.69, 9.17) is 10.6 Å². The molecule has 72 valence electrons. The third kappa shape index (κ3) is 3.99. The highest BCUT2D eigenvalue weighted by Crippen LogP contribution is 1.86. The minimum absolute atomic E-state index is 0.681. The van der Waals surface area contributed by atoms with Crippen LogP contribution in [-0.2, 0) is 4.84 Å². The molecule has 1 aliphatic heterocycles. The molecule has 5 heteroatoms. The molecule has 1 rings (SSSR count). The van der Waals surface area contributed by atoms with E-state index in [9.17, 15) is 0 Å². The van der Waals surface area contributed by atoms with Gasteiger partial charge in [-0.05, 0) is 13.0 Å². The second-order valence-corrected chi connectivity index (χ2v) is 2.82. The fraction of sp³-hybridized carbons (Fsp3) is 1.00. The Labute approximate surface area is 73.2 Å². The highest BCUT2D eigenvalue weighted by atomic mass is 16.7. The van der Waals surface area contributed by atoms with Gasteiger partial charge in [-0.3, -0.25) is 4.84 Å². The number of hydrogen-bond acceptors (Lipinski definition) is 5. The number of nitrogens with two attached hydrogens (primary N) is 1. The first-order valence-electron chi connectivity index (χ1n) is 4.46. The van der Waals surface area contributed by atoms with Crippen molar-refractivity contribution in [1.82, 2.24) is 15.9 Å². The first-order valence-corrected chi connectivity index (χ1v) is 4.46. The minimum atomic E-state index is 0.681. The number of nitrogens with one attached hydrogen (secondary N) is 2. The molecule has 1 heterocycles. The van der Waals surface area contributed by atoms with Crippen molar-refractivity contribution in [3.8, 4) is 0 Å². The van der Waals surface area contributed by atoms with Gasteiger partial charge in [0, 0.05) is 26.2 Å². The zero-order valence-corrected chi connectivity index (χ0v) is 7.38. The highest BCUT2D eigenvalue weighted by Gasteiger charge is 2.07. The fourth-order valence-electron chi connectivity index (χ4n) is 1.05. The number of rotatable bonds is 5. The average molecular weight is 174 g/mol. The number of piperazine rings is 1. The van der Waals surface area contributed by atoms with Crippen molar-refractivity contribution in [2.45, 2.75) is 6.42 Å². The van der Waals surface area contributed by atoms with E-state index in [0.29, 0.717) is 13.2 Å². The van der Waals surface area contributed by atoms with Crippen LogP contribution in [0.15, 0.2) is 0 Å². The zero-order chi connectivity index (χ0) is 8.65. The minimum Gasteiger partial charge on any atom is -0.330 e. The molecule has 1 saturated heterocycles. The molecule has 5 nitrogen and oxygen atoms in total. The van der Waals surface area contributed by atoms with Gasteiger partial charge in [0.15, 0.2) is 0 Å². The SMILES string of the molecule is NCCCONN1CCNCC1. The van der Waals surface area contributed by atoms with E-state index in [1.807, 2.05) is 0 Å². The van der Waals surface area contributed by atoms with Crippen molar-refractivity contribution in [3.05, 3.63) is 0 Å². The van der Waals surface area contributed by atoms with Crippen molar-refractivity contribution in [2.24, 2.45) is 5.73 Å². The van der Waals surface area contributed by atoms with Gasteiger partial charge in [-0.1, -0.05) is 0 Å². The third-order valence-electron chi connectivity index (χ3n) is 1.76. The lowest BCUT2D eigenvalue weighted by Gasteiger charge is -2.26. The molecule has 0 bridgehead atoms. The Morgan fingerprint density at radius 1 is 1.42 bits per heavy atom. The Bertz CT molecular complexity index is 106. The topological polar surface area (TPSA) is 62.6 Å². The van der Waals surface area contributed by atoms with E-state index in [1.165, 1.54) is 0 Å². The van der Waals surface area contributed by atoms with Gasteiger partial charge < -0.3 is 11.1 Å². The largest absolute Gasteiger partial charge is 0.330 e. The lowest BCUT2D eigenvalue weighted by molar-refractivity contribution is -0.0877. The average Bonchev–Trinajstić information content (AvgIpc) is 2.14. The molecule has 0 aromatic carbocycles. The summed E-state index contributed by atoms with van der Waals surface area (Å²) in [6.07, 6.45) is 0.902. The van der Waals surface area contributed by atoms with Crippen LogP contribution < -0.4 is 16.6 Å². The van der Waals surface area contributed by atoms with Gasteiger partial charge in [0.1, 0.15) is 0 Å². The Kier molecular flexibility index (Phi) is 5.21. The molecule has 0 spiro atoms. The maximum atomic E-state index is 5.32. The van der Waals surface area contributed by atoms with E-state index < -0.39 is 0 Å². The van der Waals surface area contributed by atoms with Crippen LogP contribution in [0.3, 0.4) is 0 Å². The first kappa shape index (κ1) is 9.88. The van der Waals surface area contributed by atoms with E-state index >= 15 is 0 Å². The van der Waals surface area contributed by atoms with Crippen LogP contribution in [0.4, 0.5) is 0 Å². The molecule has 0 saturated carbocycles. The van der Waals surface area contributed by atoms with E-state index in [1.54, 1.807) is 0 Å². The highest BCUT2D eigenvalue weighted by molar-refractivity contribution is 4.61. The maximum absolute atomic E-state index is 5.32. The standard InChI is InChI=1S/C7H18N4O/c8-2-1-7-12-10-11-5-3-9-4-6-11/h9-10H,1-8H2. The van der Waals surface area contributed by atoms with Gasteiger partial charge in [-0.2, -0.15) is 0 Å². The molecule has 1 aliphatic rings. The molecular formula is C7H18N4O. The summed E-state index contributed by atoms with van der Waals surface area (Å²) in [5, 5.41) is 5.32. The smallest absolute Gasteiger partial charge is 0.0710 e. The van der Waals surface area contributed by atoms with Crippen LogP contribution in [-0.4, -0.2) is 44.3 Å². The van der Waals surface area contributed by atoms with Gasteiger partial charge in [0.05, 0.1) is 6.61 Å². The van der Waals surface area contributed by atoms with Crippen molar-refractivity contribution >= 4 is 0 Å². The third-order valence-corrected chi connectivity index (χ3v) is 1.76. The van der Waals surface area contributed by atoms with Crippen LogP contribution in [0.5, 0.6) is 0 Å². The predicted molar refractivity (Wildman–Crippen MR) is 47.2 cm³/mol. The summed E-state index contributed by atoms with van der Waals surface area (Å²) in [7, 11) is 0. The molecule has 4 N–H and O–H groups in total. The summed E-state index contributed by atoms with van der Waals surface area (Å²) >= 11 is 0. The van der Waals surface area contributed by atoms with E-state index in [2.05, 4.69) is 15.9 Å². The summed E-state index contributed by atoms with van der Waals surface area (Å²) in [5.41, 5.74) is 8.21. The van der Waals surface area contributed by atoms with Crippen LogP contribution in [0, 0.1) is 0 Å². The van der Waals surface area contributed by atoms with Gasteiger partial charge in [-0.15, -0.1) is 5.59 Å². The maximum Gasteiger partial charge on any atom is 0.0710 e. The summed E-state index contributed by atoms with van der Waals surface area (Å²) in [5.74, 6) is 0. The number of hydrogen-bond donors (Lipinski definition) is 3. The van der Waals surface area contributed by atoms with Crippen LogP contribution in [0.2, 0.25) is 0 Å². The molecule has 0 aliphatic carbocycles. The van der Waals surface area contributed by atoms with Gasteiger partial charge in [-0.25, -0.2) is 5.01 Å². The Morgan fingerprint density at radius 3 is 2.83 bits per heavy atom. The molecular weight excluding hydrogens is 156 g/mol. The Morgan fingerprint density at radius 2 is 2.17 bits per heavy atom. The summed E-state index contributed by atoms with van der Waals surface area (Å²) in [6, 6.07) is 0. The van der Waals surface area contributed by atoms with Crippen LogP contribution in [0.25, 0.3) is 0 Å². The predicted octanol–water partition coefficient (Wildman–Crippen LogP) is -1.32. The van der Waals surface area contributed by atoms with E-state index in [0.717, 1.165) is 32.6 Å². The zero-order valence-electron chi connectivity index (χ0n) is 7.38. The second kappa shape index (κ2) is 6.33. The van der Waals surface area contributed by atoms with Crippen molar-refractivity contribution in [1.29, 1.82) is 0 Å². The quantitative estimate of drug-likeness (QED) is 0.356. The number of nitrogens with zero attached hydrogens (tertiary/aromatic N) is 1. The second-order valence-electron chi connectivity index (χ2n) is 2.82. The molecule has 0 radical (unpaired) electrons. The van der Waals surface area contributed by atoms with Gasteiger partial charge in [0.2, 0.25) is 0 Å². The molecule has 12 heavy (non-hydrogen) atoms. The molecule has 0 amide bonds. The fourth-order valence-corrected chi connectivity index (χ4v) is 1.05. The van der Waals surface area contributed by atoms with Gasteiger partial charge in [0.25, 0.3) is 0 Å². The molecule has 0 aromatic rings. The summed E-state index contributed by atoms with van der Waals surface area (Å²) in [6.45, 7) is 5.38. The molecule has 0 aromatic heterocycles. The lowest BCUT2D eigenvalue weighted by Crippen LogP contribution is -2.50. The van der Waals surface area contributed by atoms with Crippen molar-refractivity contribution in [2.75, 3.05) is 39.3 Å². The molecule has 1 fully saturated rings. The number of hydrazine groups is 1. The van der Waals surface area contributed by atoms with Crippen LogP contribution in [0.1, 0.15) is 6.42 Å². The Hall–Kier alpha value is -0.200. The van der Waals surface area contributed by atoms with Crippen molar-refractivity contribution < 1.29 is 4.84 Å².